The third-order valence-corrected chi connectivity index (χ3v) is 8.56. The molecular formula is C35H22Cl2N2O7. The lowest BCUT2D eigenvalue weighted by Crippen LogP contribution is -2.44. The van der Waals surface area contributed by atoms with Crippen LogP contribution < -0.4 is 0 Å². The van der Waals surface area contributed by atoms with E-state index >= 15 is 0 Å². The zero-order chi connectivity index (χ0) is 32.7. The van der Waals surface area contributed by atoms with Crippen LogP contribution in [0, 0.1) is 0 Å². The van der Waals surface area contributed by atoms with E-state index in [2.05, 4.69) is 0 Å². The second kappa shape index (κ2) is 12.3. The van der Waals surface area contributed by atoms with Gasteiger partial charge in [0.05, 0.1) is 22.3 Å². The van der Waals surface area contributed by atoms with Gasteiger partial charge in [0.1, 0.15) is 12.1 Å². The number of benzene rings is 4. The van der Waals surface area contributed by atoms with Gasteiger partial charge in [-0.2, -0.15) is 0 Å². The van der Waals surface area contributed by atoms with Crippen molar-refractivity contribution >= 4 is 63.1 Å². The van der Waals surface area contributed by atoms with Crippen molar-refractivity contribution in [2.45, 2.75) is 24.9 Å². The molecule has 0 N–H and O–H groups in total. The van der Waals surface area contributed by atoms with E-state index in [0.29, 0.717) is 11.1 Å². The fourth-order valence-corrected chi connectivity index (χ4v) is 6.10. The summed E-state index contributed by atoms with van der Waals surface area (Å²) in [5.74, 6) is -3.56. The number of hydrogen-bond acceptors (Lipinski definition) is 7. The van der Waals surface area contributed by atoms with E-state index in [4.69, 9.17) is 23.2 Å². The van der Waals surface area contributed by atoms with Crippen molar-refractivity contribution in [1.29, 1.82) is 0 Å². The number of fused-ring (bicyclic) bond motifs is 2. The van der Waals surface area contributed by atoms with Gasteiger partial charge in [0.15, 0.2) is 5.78 Å². The summed E-state index contributed by atoms with van der Waals surface area (Å²) in [6, 6.07) is 22.9. The highest BCUT2D eigenvalue weighted by Gasteiger charge is 2.44. The van der Waals surface area contributed by atoms with Crippen LogP contribution in [0.2, 0.25) is 0 Å². The van der Waals surface area contributed by atoms with Gasteiger partial charge < -0.3 is 0 Å². The van der Waals surface area contributed by atoms with Crippen molar-refractivity contribution in [2.75, 3.05) is 0 Å². The minimum absolute atomic E-state index is 0.0121. The molecule has 2 aliphatic heterocycles. The molecule has 2 heterocycles. The van der Waals surface area contributed by atoms with Crippen molar-refractivity contribution in [1.82, 2.24) is 9.80 Å². The molecule has 6 rings (SSSR count). The topological polar surface area (TPSA) is 126 Å². The number of carbonyl (C=O) groups excluding carboxylic acids is 7. The Kier molecular flexibility index (Phi) is 8.20. The summed E-state index contributed by atoms with van der Waals surface area (Å²) >= 11 is 11.7. The summed E-state index contributed by atoms with van der Waals surface area (Å²) in [5.41, 5.74) is 1.33. The Balaban J connectivity index is 1.26. The number of hydrogen-bond donors (Lipinski definition) is 0. The fourth-order valence-electron chi connectivity index (χ4n) is 5.75. The molecule has 0 fully saturated rings. The molecule has 228 valence electrons. The number of nitrogens with zero attached hydrogens (tertiary/aromatic N) is 2. The van der Waals surface area contributed by atoms with E-state index in [9.17, 15) is 33.6 Å². The van der Waals surface area contributed by atoms with Gasteiger partial charge in [0, 0.05) is 24.0 Å². The van der Waals surface area contributed by atoms with E-state index in [1.807, 2.05) is 0 Å². The summed E-state index contributed by atoms with van der Waals surface area (Å²) in [4.78, 5) is 93.2. The van der Waals surface area contributed by atoms with Gasteiger partial charge >= 0.3 is 0 Å². The first-order chi connectivity index (χ1) is 22.1. The number of carbonyl (C=O) groups is 7. The Labute approximate surface area is 272 Å². The second-order valence-corrected chi connectivity index (χ2v) is 11.6. The molecule has 11 heteroatoms. The smallest absolute Gasteiger partial charge is 0.262 e. The number of rotatable bonds is 10. The summed E-state index contributed by atoms with van der Waals surface area (Å²) in [6.07, 6.45) is 0.0295. The van der Waals surface area contributed by atoms with Crippen molar-refractivity contribution in [3.8, 4) is 0 Å². The molecule has 0 aliphatic carbocycles. The zero-order valence-electron chi connectivity index (χ0n) is 23.8. The van der Waals surface area contributed by atoms with E-state index < -0.39 is 52.0 Å². The average Bonchev–Trinajstić information content (AvgIpc) is 3.45. The first-order valence-electron chi connectivity index (χ1n) is 14.1. The second-order valence-electron chi connectivity index (χ2n) is 10.8. The molecule has 0 saturated heterocycles. The third kappa shape index (κ3) is 5.44. The molecule has 0 unspecified atom stereocenters. The van der Waals surface area contributed by atoms with Gasteiger partial charge in [-0.05, 0) is 58.6 Å². The summed E-state index contributed by atoms with van der Waals surface area (Å²) < 4.78 is 0. The number of amides is 4. The van der Waals surface area contributed by atoms with Crippen molar-refractivity contribution in [2.24, 2.45) is 0 Å². The van der Waals surface area contributed by atoms with Gasteiger partial charge in [0.2, 0.25) is 10.5 Å². The van der Waals surface area contributed by atoms with Gasteiger partial charge in [-0.15, -0.1) is 0 Å². The van der Waals surface area contributed by atoms with E-state index in [0.717, 1.165) is 9.80 Å². The monoisotopic (exact) mass is 652 g/mol. The lowest BCUT2D eigenvalue weighted by atomic mass is 9.96. The van der Waals surface area contributed by atoms with Gasteiger partial charge in [0.25, 0.3) is 23.6 Å². The first-order valence-corrected chi connectivity index (χ1v) is 14.9. The van der Waals surface area contributed by atoms with Crippen molar-refractivity contribution in [3.63, 3.8) is 0 Å². The number of halogens is 2. The Hall–Kier alpha value is -5.25. The Morgan fingerprint density at radius 3 is 1.20 bits per heavy atom. The van der Waals surface area contributed by atoms with Crippen LogP contribution in [-0.2, 0) is 22.4 Å². The molecule has 4 amide bonds. The van der Waals surface area contributed by atoms with Crippen LogP contribution in [-0.4, -0.2) is 61.8 Å². The highest BCUT2D eigenvalue weighted by atomic mass is 35.5. The molecule has 0 radical (unpaired) electrons. The minimum atomic E-state index is -1.26. The molecule has 0 spiro atoms. The first kappa shape index (κ1) is 30.8. The maximum absolute atomic E-state index is 13.6. The highest BCUT2D eigenvalue weighted by Crippen LogP contribution is 2.31. The zero-order valence-corrected chi connectivity index (χ0v) is 25.3. The molecule has 46 heavy (non-hydrogen) atoms. The van der Waals surface area contributed by atoms with Crippen LogP contribution in [0.3, 0.4) is 0 Å². The van der Waals surface area contributed by atoms with Crippen LogP contribution in [0.15, 0.2) is 97.1 Å². The molecule has 0 saturated carbocycles. The summed E-state index contributed by atoms with van der Waals surface area (Å²) in [7, 11) is 0. The van der Waals surface area contributed by atoms with E-state index in [-0.39, 0.29) is 46.2 Å². The fraction of sp³-hybridized carbons (Fsp3) is 0.114. The quantitative estimate of drug-likeness (QED) is 0.136. The average molecular weight is 653 g/mol. The molecule has 9 nitrogen and oxygen atoms in total. The number of imide groups is 2. The normalized spacial score (nSPS) is 15.1. The molecule has 0 aromatic heterocycles. The summed E-state index contributed by atoms with van der Waals surface area (Å²) in [5, 5.41) is -1.77. The van der Waals surface area contributed by atoms with Gasteiger partial charge in [-0.1, -0.05) is 72.8 Å². The molecule has 0 bridgehead atoms. The number of ketones is 1. The molecule has 4 aromatic carbocycles. The molecule has 4 aromatic rings. The lowest BCUT2D eigenvalue weighted by molar-refractivity contribution is -0.115. The predicted molar refractivity (Wildman–Crippen MR) is 167 cm³/mol. The standard InChI is InChI=1S/C35H22Cl2N2O7/c36-30(41)27(15-19-7-3-1-4-8-19)38-32(43)23-13-11-21(17-25(23)34(38)45)29(40)22-12-14-24-26(18-22)35(46)39(33(24)44)28(31(37)42)16-20-9-5-2-6-10-20/h1-14,17-18,27-28H,15-16H2/t27-,28-/m0/s1. The summed E-state index contributed by atoms with van der Waals surface area (Å²) in [6.45, 7) is 0. The maximum atomic E-state index is 13.6. The van der Waals surface area contributed by atoms with Crippen LogP contribution >= 0.6 is 23.2 Å². The highest BCUT2D eigenvalue weighted by molar-refractivity contribution is 6.65. The van der Waals surface area contributed by atoms with Crippen LogP contribution in [0.25, 0.3) is 0 Å². The van der Waals surface area contributed by atoms with Crippen LogP contribution in [0.1, 0.15) is 68.5 Å². The largest absolute Gasteiger partial charge is 0.289 e. The molecular weight excluding hydrogens is 631 g/mol. The lowest BCUT2D eigenvalue weighted by Gasteiger charge is -2.23. The maximum Gasteiger partial charge on any atom is 0.262 e. The van der Waals surface area contributed by atoms with Crippen molar-refractivity contribution in [3.05, 3.63) is 142 Å². The van der Waals surface area contributed by atoms with Gasteiger partial charge in [-0.3, -0.25) is 43.4 Å². The Bertz CT molecular complexity index is 1840. The minimum Gasteiger partial charge on any atom is -0.289 e. The molecule has 2 aliphatic rings. The van der Waals surface area contributed by atoms with Crippen LogP contribution in [0.5, 0.6) is 0 Å². The van der Waals surface area contributed by atoms with E-state index in [1.54, 1.807) is 60.7 Å². The SMILES string of the molecule is O=C(c1ccc2c(c1)C(=O)N([C@@H](Cc1ccccc1)C(=O)Cl)C2=O)c1ccc2c(c1)C(=O)N([C@@H](Cc1ccccc1)C(=O)Cl)C2=O. The predicted octanol–water partition coefficient (Wildman–Crippen LogP) is 4.86. The third-order valence-electron chi connectivity index (χ3n) is 8.05. The molecule has 2 atom stereocenters. The van der Waals surface area contributed by atoms with Gasteiger partial charge in [-0.25, -0.2) is 0 Å². The Morgan fingerprint density at radius 1 is 0.500 bits per heavy atom. The van der Waals surface area contributed by atoms with Crippen molar-refractivity contribution < 1.29 is 33.6 Å². The van der Waals surface area contributed by atoms with Crippen LogP contribution in [0.4, 0.5) is 0 Å². The van der Waals surface area contributed by atoms with E-state index in [1.165, 1.54) is 36.4 Å². The Morgan fingerprint density at radius 2 is 0.848 bits per heavy atom.